The molecule has 0 spiro atoms. The molecule has 1 fully saturated rings. The number of hydrogen-bond acceptors (Lipinski definition) is 4. The minimum atomic E-state index is -0.156. The van der Waals surface area contributed by atoms with E-state index in [1.807, 2.05) is 11.3 Å². The van der Waals surface area contributed by atoms with Crippen molar-refractivity contribution >= 4 is 100 Å². The van der Waals surface area contributed by atoms with Gasteiger partial charge in [-0.3, -0.25) is 0 Å². The third-order valence-corrected chi connectivity index (χ3v) is 23.4. The average molecular weight is 1160 g/mol. The summed E-state index contributed by atoms with van der Waals surface area (Å²) in [6.45, 7) is 36.5. The summed E-state index contributed by atoms with van der Waals surface area (Å²) in [6.07, 6.45) is 7.04. The van der Waals surface area contributed by atoms with Gasteiger partial charge < -0.3 is 14.7 Å². The predicted octanol–water partition coefficient (Wildman–Crippen LogP) is 21.5. The molecule has 87 heavy (non-hydrogen) atoms. The van der Waals surface area contributed by atoms with Crippen molar-refractivity contribution < 1.29 is 0 Å². The molecule has 2 unspecified atom stereocenters. The Labute approximate surface area is 523 Å². The smallest absolute Gasteiger partial charge is 0.252 e. The van der Waals surface area contributed by atoms with Crippen LogP contribution >= 0.6 is 11.3 Å². The zero-order chi connectivity index (χ0) is 60.7. The van der Waals surface area contributed by atoms with Crippen LogP contribution in [0.1, 0.15) is 176 Å². The fourth-order valence-corrected chi connectivity index (χ4v) is 17.8. The summed E-state index contributed by atoms with van der Waals surface area (Å²) in [5.41, 5.74) is 27.6. The summed E-state index contributed by atoms with van der Waals surface area (Å²) < 4.78 is 2.68. The molecule has 9 aromatic carbocycles. The van der Waals surface area contributed by atoms with Crippen molar-refractivity contribution in [3.8, 4) is 22.3 Å². The maximum atomic E-state index is 2.95. The molecule has 2 atom stereocenters. The first-order valence-corrected chi connectivity index (χ1v) is 33.3. The molecule has 3 aliphatic heterocycles. The topological polar surface area (TPSA) is 9.72 Å². The van der Waals surface area contributed by atoms with Gasteiger partial charge in [-0.2, -0.15) is 0 Å². The lowest BCUT2D eigenvalue weighted by molar-refractivity contribution is 0.195. The van der Waals surface area contributed by atoms with Crippen molar-refractivity contribution in [2.75, 3.05) is 14.7 Å². The number of hydrogen-bond donors (Lipinski definition) is 0. The average Bonchev–Trinajstić information content (AvgIpc) is 1.57. The minimum Gasteiger partial charge on any atom is -0.335 e. The highest BCUT2D eigenvalue weighted by molar-refractivity contribution is 7.26. The second kappa shape index (κ2) is 19.1. The van der Waals surface area contributed by atoms with E-state index in [2.05, 4.69) is 294 Å². The number of rotatable bonds is 6. The molecule has 0 saturated heterocycles. The van der Waals surface area contributed by atoms with Gasteiger partial charge in [0.05, 0.1) is 11.2 Å². The van der Waals surface area contributed by atoms with E-state index in [0.29, 0.717) is 0 Å². The second-order valence-electron chi connectivity index (χ2n) is 31.6. The third-order valence-electron chi connectivity index (χ3n) is 22.1. The van der Waals surface area contributed by atoms with Gasteiger partial charge in [0.15, 0.2) is 0 Å². The van der Waals surface area contributed by atoms with Gasteiger partial charge >= 0.3 is 0 Å². The second-order valence-corrected chi connectivity index (χ2v) is 32.6. The molecule has 0 amide bonds. The molecule has 1 saturated carbocycles. The lowest BCUT2D eigenvalue weighted by Gasteiger charge is -2.53. The lowest BCUT2D eigenvalue weighted by atomic mass is 9.33. The monoisotopic (exact) mass is 1160 g/mol. The first-order valence-electron chi connectivity index (χ1n) is 32.5. The van der Waals surface area contributed by atoms with Gasteiger partial charge in [-0.1, -0.05) is 219 Å². The van der Waals surface area contributed by atoms with E-state index in [9.17, 15) is 0 Å². The van der Waals surface area contributed by atoms with Crippen molar-refractivity contribution in [1.29, 1.82) is 0 Å². The van der Waals surface area contributed by atoms with Gasteiger partial charge in [-0.05, 0) is 193 Å². The maximum Gasteiger partial charge on any atom is 0.252 e. The van der Waals surface area contributed by atoms with Crippen LogP contribution in [0.25, 0.3) is 42.4 Å². The van der Waals surface area contributed by atoms with Gasteiger partial charge in [-0.25, -0.2) is 0 Å². The van der Waals surface area contributed by atoms with Crippen LogP contribution in [0.2, 0.25) is 0 Å². The number of benzene rings is 9. The first-order chi connectivity index (χ1) is 41.2. The Bertz CT molecular complexity index is 4390. The summed E-state index contributed by atoms with van der Waals surface area (Å²) in [6, 6.07) is 69.9. The Kier molecular flexibility index (Phi) is 12.3. The van der Waals surface area contributed by atoms with Crippen LogP contribution in [0.5, 0.6) is 0 Å². The third kappa shape index (κ3) is 8.47. The molecule has 4 heterocycles. The van der Waals surface area contributed by atoms with Crippen molar-refractivity contribution in [1.82, 2.24) is 0 Å². The van der Waals surface area contributed by atoms with E-state index in [0.717, 1.165) is 36.3 Å². The molecule has 5 heteroatoms. The normalized spacial score (nSPS) is 19.8. The zero-order valence-electron chi connectivity index (χ0n) is 54.3. The number of nitrogens with zero attached hydrogens (tertiary/aromatic N) is 3. The summed E-state index contributed by atoms with van der Waals surface area (Å²) in [7, 11) is 0. The molecule has 2 aliphatic carbocycles. The van der Waals surface area contributed by atoms with E-state index in [4.69, 9.17) is 0 Å². The summed E-state index contributed by atoms with van der Waals surface area (Å²) in [5.74, 6) is 0. The van der Waals surface area contributed by atoms with Gasteiger partial charge in [0.25, 0.3) is 6.71 Å². The lowest BCUT2D eigenvalue weighted by Crippen LogP contribution is -2.64. The molecule has 5 aliphatic rings. The van der Waals surface area contributed by atoms with E-state index < -0.39 is 0 Å². The van der Waals surface area contributed by atoms with E-state index in [1.54, 1.807) is 5.56 Å². The standard InChI is InChI=1S/C82H86BN3S/c1-76(2,3)53-30-34-56(35-31-53)84(57-36-32-54(33-37-57)77(4,5)6)58-38-39-66-69(48-58)85(68-50-64-63(79(10,11)42-43-80(64,12)13)49-62(68)51-24-17-16-18-25-51)70-44-52(59-27-23-28-61-60-26-19-20-29-72(60)87-75(59)61)45-71-73(70)83(66)67-47-55(78(7,8)9)46-65-74(67)86(71)82(15)41-22-21-40-81(65,82)14/h16-20,23-39,44-50H,21-22,40-43H2,1-15H3. The van der Waals surface area contributed by atoms with Crippen LogP contribution in [0, 0.1) is 0 Å². The first kappa shape index (κ1) is 56.2. The van der Waals surface area contributed by atoms with Crippen molar-refractivity contribution in [2.24, 2.45) is 0 Å². The molecule has 0 radical (unpaired) electrons. The van der Waals surface area contributed by atoms with Gasteiger partial charge in [0, 0.05) is 71.0 Å². The summed E-state index contributed by atoms with van der Waals surface area (Å²) in [4.78, 5) is 8.27. The fraction of sp³-hybridized carbons (Fsp3) is 0.341. The van der Waals surface area contributed by atoms with Crippen LogP contribution in [0.4, 0.5) is 45.5 Å². The van der Waals surface area contributed by atoms with Crippen LogP contribution in [-0.2, 0) is 32.5 Å². The Hall–Kier alpha value is -7.34. The highest BCUT2D eigenvalue weighted by Crippen LogP contribution is 2.63. The molecule has 15 rings (SSSR count). The van der Waals surface area contributed by atoms with E-state index >= 15 is 0 Å². The van der Waals surface area contributed by atoms with Crippen LogP contribution in [-0.4, -0.2) is 12.3 Å². The highest BCUT2D eigenvalue weighted by atomic mass is 32.1. The van der Waals surface area contributed by atoms with Crippen molar-refractivity contribution in [3.05, 3.63) is 209 Å². The predicted molar refractivity (Wildman–Crippen MR) is 378 cm³/mol. The fourth-order valence-electron chi connectivity index (χ4n) is 16.6. The molecule has 438 valence electrons. The minimum absolute atomic E-state index is 0.00258. The molecular formula is C82H86BN3S. The quantitative estimate of drug-likeness (QED) is 0.154. The summed E-state index contributed by atoms with van der Waals surface area (Å²) >= 11 is 1.95. The van der Waals surface area contributed by atoms with Crippen LogP contribution in [0.3, 0.4) is 0 Å². The maximum absolute atomic E-state index is 2.95. The van der Waals surface area contributed by atoms with Gasteiger partial charge in [0.2, 0.25) is 0 Å². The number of fused-ring (bicyclic) bond motifs is 11. The summed E-state index contributed by atoms with van der Waals surface area (Å²) in [5, 5.41) is 2.66. The molecule has 0 N–H and O–H groups in total. The molecule has 3 nitrogen and oxygen atoms in total. The van der Waals surface area contributed by atoms with E-state index in [1.165, 1.54) is 134 Å². The Morgan fingerprint density at radius 1 is 0.437 bits per heavy atom. The molecule has 1 aromatic heterocycles. The SMILES string of the molecule is CC(C)(C)c1ccc(N(c2ccc(C(C)(C)C)cc2)c2ccc3c(c2)N(c2cc4c(cc2-c2ccccc2)C(C)(C)CCC4(C)C)c2cc(-c4cccc5c4sc4ccccc45)cc4c2B3c2cc(C(C)(C)C)cc3c2N4C2(C)CCCCC32C)cc1. The van der Waals surface area contributed by atoms with Crippen molar-refractivity contribution in [3.63, 3.8) is 0 Å². The Balaban J connectivity index is 1.10. The largest absolute Gasteiger partial charge is 0.335 e. The van der Waals surface area contributed by atoms with Gasteiger partial charge in [0.1, 0.15) is 0 Å². The molecular weight excluding hydrogens is 1070 g/mol. The van der Waals surface area contributed by atoms with Crippen LogP contribution < -0.4 is 31.1 Å². The molecule has 10 aromatic rings. The Morgan fingerprint density at radius 3 is 1.68 bits per heavy atom. The Morgan fingerprint density at radius 2 is 1.02 bits per heavy atom. The van der Waals surface area contributed by atoms with Crippen LogP contribution in [0.15, 0.2) is 176 Å². The van der Waals surface area contributed by atoms with E-state index in [-0.39, 0.29) is 44.7 Å². The number of anilines is 8. The van der Waals surface area contributed by atoms with Crippen molar-refractivity contribution in [2.45, 2.75) is 180 Å². The van der Waals surface area contributed by atoms with Gasteiger partial charge in [-0.15, -0.1) is 11.3 Å². The molecule has 0 bridgehead atoms. The number of thiophene rings is 1. The zero-order valence-corrected chi connectivity index (χ0v) is 55.1. The highest BCUT2D eigenvalue weighted by Gasteiger charge is 2.62.